The molecule has 1 heterocycles. The van der Waals surface area contributed by atoms with Crippen molar-refractivity contribution in [1.29, 1.82) is 10.9 Å². The van der Waals surface area contributed by atoms with Crippen LogP contribution in [-0.2, 0) is 25.5 Å². The molecule has 2 aliphatic rings. The Kier molecular flexibility index (Phi) is 10.8. The maximum absolute atomic E-state index is 13.8. The molecule has 2 atom stereocenters. The zero-order valence-electron chi connectivity index (χ0n) is 25.7. The molecule has 1 aliphatic carbocycles. The summed E-state index contributed by atoms with van der Waals surface area (Å²) in [6, 6.07) is 20.4. The highest BCUT2D eigenvalue weighted by Gasteiger charge is 2.39. The van der Waals surface area contributed by atoms with E-state index in [-0.39, 0.29) is 43.1 Å². The first-order valence-electron chi connectivity index (χ1n) is 15.4. The van der Waals surface area contributed by atoms with Gasteiger partial charge in [0.15, 0.2) is 0 Å². The fourth-order valence-electron chi connectivity index (χ4n) is 6.01. The van der Waals surface area contributed by atoms with Crippen LogP contribution in [0.1, 0.15) is 56.3 Å². The van der Waals surface area contributed by atoms with Gasteiger partial charge in [-0.1, -0.05) is 78.6 Å². The first-order valence-corrected chi connectivity index (χ1v) is 15.8. The molecule has 1 aliphatic heterocycles. The van der Waals surface area contributed by atoms with Gasteiger partial charge in [-0.2, -0.15) is 5.53 Å². The van der Waals surface area contributed by atoms with Crippen molar-refractivity contribution >= 4 is 52.7 Å². The standard InChI is InChI=1S/C34H38ClN7O4/c1-23(46-28-10-6-3-7-11-28)25-12-15-27(16-13-25)38-34(45)31(18-24-8-4-2-5-9-24)41-21-32(43)40(20-33(41)44)30-19-26(35)14-17-29(30)42(22-36)39-37/h2,4-5,8-9,12-17,19,22-23,28,31,36-37H,3,6-7,10-11,18,20-21H2,1H3,(H,38,45). The van der Waals surface area contributed by atoms with Gasteiger partial charge in [0.2, 0.25) is 17.7 Å². The lowest BCUT2D eigenvalue weighted by molar-refractivity contribution is -0.143. The van der Waals surface area contributed by atoms with Crippen LogP contribution in [-0.4, -0.2) is 54.2 Å². The number of rotatable bonds is 12. The lowest BCUT2D eigenvalue weighted by atomic mass is 9.97. The number of carbonyl (C=O) groups is 3. The van der Waals surface area contributed by atoms with Crippen LogP contribution >= 0.6 is 11.6 Å². The third-order valence-corrected chi connectivity index (χ3v) is 8.71. The molecule has 1 saturated heterocycles. The third kappa shape index (κ3) is 7.78. The van der Waals surface area contributed by atoms with Gasteiger partial charge in [-0.15, -0.1) is 0 Å². The summed E-state index contributed by atoms with van der Waals surface area (Å²) in [5.41, 5.74) is 10.3. The van der Waals surface area contributed by atoms with E-state index in [2.05, 4.69) is 10.5 Å². The Labute approximate surface area is 273 Å². The average molecular weight is 644 g/mol. The Morgan fingerprint density at radius 2 is 1.76 bits per heavy atom. The number of hydrogen-bond donors (Lipinski definition) is 3. The molecule has 0 bridgehead atoms. The summed E-state index contributed by atoms with van der Waals surface area (Å²) >= 11 is 6.22. The Morgan fingerprint density at radius 1 is 1.04 bits per heavy atom. The van der Waals surface area contributed by atoms with Crippen molar-refractivity contribution < 1.29 is 19.1 Å². The monoisotopic (exact) mass is 643 g/mol. The van der Waals surface area contributed by atoms with Crippen LogP contribution < -0.4 is 15.2 Å². The zero-order valence-corrected chi connectivity index (χ0v) is 26.5. The van der Waals surface area contributed by atoms with Crippen LogP contribution in [0.2, 0.25) is 5.02 Å². The van der Waals surface area contributed by atoms with Gasteiger partial charge in [0.25, 0.3) is 0 Å². The van der Waals surface area contributed by atoms with Gasteiger partial charge < -0.3 is 15.0 Å². The summed E-state index contributed by atoms with van der Waals surface area (Å²) in [5.74, 6) is -1.29. The highest BCUT2D eigenvalue weighted by Crippen LogP contribution is 2.34. The molecule has 12 heteroatoms. The molecular weight excluding hydrogens is 606 g/mol. The SMILES string of the molecule is CC(OC1CCCCC1)c1ccc(NC(=O)C(Cc2ccccc2)N2CC(=O)N(c3cc(Cl)ccc3N(C=N)N=N)CC2=O)cc1. The van der Waals surface area contributed by atoms with Gasteiger partial charge in [0, 0.05) is 17.1 Å². The number of piperazine rings is 1. The Hall–Kier alpha value is -4.61. The molecule has 11 nitrogen and oxygen atoms in total. The second-order valence-corrected chi connectivity index (χ2v) is 12.0. The number of benzene rings is 3. The molecule has 2 unspecified atom stereocenters. The lowest BCUT2D eigenvalue weighted by Crippen LogP contribution is -2.60. The summed E-state index contributed by atoms with van der Waals surface area (Å²) in [7, 11) is 0. The number of ether oxygens (including phenoxy) is 1. The molecule has 3 aromatic carbocycles. The van der Waals surface area contributed by atoms with Gasteiger partial charge in [0.05, 0.1) is 23.6 Å². The third-order valence-electron chi connectivity index (χ3n) is 8.47. The number of carbonyl (C=O) groups excluding carboxylic acids is 3. The van der Waals surface area contributed by atoms with Crippen LogP contribution in [0.15, 0.2) is 78.0 Å². The van der Waals surface area contributed by atoms with Gasteiger partial charge in [0.1, 0.15) is 25.5 Å². The Balaban J connectivity index is 1.34. The van der Waals surface area contributed by atoms with E-state index in [0.29, 0.717) is 10.7 Å². The molecule has 1 saturated carbocycles. The molecule has 46 heavy (non-hydrogen) atoms. The maximum Gasteiger partial charge on any atom is 0.247 e. The van der Waals surface area contributed by atoms with Crippen molar-refractivity contribution in [3.8, 4) is 0 Å². The second kappa shape index (κ2) is 15.1. The van der Waals surface area contributed by atoms with Crippen LogP contribution in [0.3, 0.4) is 0 Å². The van der Waals surface area contributed by atoms with E-state index in [9.17, 15) is 14.4 Å². The number of halogens is 1. The molecule has 0 spiro atoms. The lowest BCUT2D eigenvalue weighted by Gasteiger charge is -2.38. The van der Waals surface area contributed by atoms with Crippen LogP contribution in [0.25, 0.3) is 0 Å². The minimum atomic E-state index is -0.964. The molecule has 3 N–H and O–H groups in total. The van der Waals surface area contributed by atoms with Crippen molar-refractivity contribution in [1.82, 2.24) is 4.90 Å². The minimum absolute atomic E-state index is 0.0699. The number of hydrogen-bond acceptors (Lipinski definition) is 7. The summed E-state index contributed by atoms with van der Waals surface area (Å²) < 4.78 is 6.28. The minimum Gasteiger partial charge on any atom is -0.371 e. The van der Waals surface area contributed by atoms with E-state index >= 15 is 0 Å². The van der Waals surface area contributed by atoms with E-state index in [1.54, 1.807) is 6.07 Å². The number of nitrogens with one attached hydrogen (secondary N) is 3. The van der Waals surface area contributed by atoms with Crippen LogP contribution in [0.5, 0.6) is 0 Å². The van der Waals surface area contributed by atoms with Crippen molar-refractivity contribution in [2.45, 2.75) is 63.7 Å². The first-order chi connectivity index (χ1) is 22.3. The number of anilines is 3. The highest BCUT2D eigenvalue weighted by molar-refractivity contribution is 6.31. The Bertz CT molecular complexity index is 1560. The molecule has 0 aromatic heterocycles. The molecule has 240 valence electrons. The smallest absolute Gasteiger partial charge is 0.247 e. The largest absolute Gasteiger partial charge is 0.371 e. The predicted molar refractivity (Wildman–Crippen MR) is 177 cm³/mol. The first kappa shape index (κ1) is 32.8. The fraction of sp³-hybridized carbons (Fsp3) is 0.353. The summed E-state index contributed by atoms with van der Waals surface area (Å²) in [6.07, 6.45) is 7.05. The van der Waals surface area contributed by atoms with Gasteiger partial charge in [-0.05, 0) is 61.2 Å². The van der Waals surface area contributed by atoms with Crippen molar-refractivity contribution in [3.63, 3.8) is 0 Å². The fourth-order valence-corrected chi connectivity index (χ4v) is 6.18. The van der Waals surface area contributed by atoms with E-state index in [1.165, 1.54) is 41.2 Å². The van der Waals surface area contributed by atoms with Gasteiger partial charge in [-0.3, -0.25) is 24.7 Å². The average Bonchev–Trinajstić information content (AvgIpc) is 3.07. The molecule has 3 aromatic rings. The number of nitrogens with zero attached hydrogens (tertiary/aromatic N) is 4. The molecule has 5 rings (SSSR count). The highest BCUT2D eigenvalue weighted by atomic mass is 35.5. The van der Waals surface area contributed by atoms with Crippen LogP contribution in [0.4, 0.5) is 17.1 Å². The molecule has 3 amide bonds. The van der Waals surface area contributed by atoms with E-state index in [1.807, 2.05) is 61.5 Å². The van der Waals surface area contributed by atoms with E-state index < -0.39 is 23.8 Å². The maximum atomic E-state index is 13.8. The second-order valence-electron chi connectivity index (χ2n) is 11.6. The van der Waals surface area contributed by atoms with Crippen molar-refractivity contribution in [2.75, 3.05) is 28.3 Å². The number of amides is 3. The summed E-state index contributed by atoms with van der Waals surface area (Å²) in [5, 5.41) is 15.1. The van der Waals surface area contributed by atoms with E-state index in [0.717, 1.165) is 35.3 Å². The van der Waals surface area contributed by atoms with Crippen molar-refractivity contribution in [2.24, 2.45) is 5.22 Å². The van der Waals surface area contributed by atoms with Crippen LogP contribution in [0, 0.1) is 10.9 Å². The zero-order chi connectivity index (χ0) is 32.6. The molecule has 0 radical (unpaired) electrons. The topological polar surface area (TPSA) is 142 Å². The summed E-state index contributed by atoms with van der Waals surface area (Å²) in [6.45, 7) is 1.33. The predicted octanol–water partition coefficient (Wildman–Crippen LogP) is 6.53. The van der Waals surface area contributed by atoms with Crippen molar-refractivity contribution in [3.05, 3.63) is 88.9 Å². The van der Waals surface area contributed by atoms with Gasteiger partial charge >= 0.3 is 0 Å². The quantitative estimate of drug-likeness (QED) is 0.0890. The summed E-state index contributed by atoms with van der Waals surface area (Å²) in [4.78, 5) is 43.7. The van der Waals surface area contributed by atoms with E-state index in [4.69, 9.17) is 27.3 Å². The normalized spacial score (nSPS) is 16.9. The van der Waals surface area contributed by atoms with Gasteiger partial charge in [-0.25, -0.2) is 5.01 Å². The Morgan fingerprint density at radius 3 is 2.43 bits per heavy atom. The molecular formula is C34H38ClN7O4. The molecule has 2 fully saturated rings.